The van der Waals surface area contributed by atoms with Gasteiger partial charge >= 0.3 is 6.36 Å². The number of nitrogens with zero attached hydrogens (tertiary/aromatic N) is 1. The van der Waals surface area contributed by atoms with Crippen molar-refractivity contribution >= 4 is 22.6 Å². The number of methoxy groups -OCH3 is 1. The second-order valence-corrected chi connectivity index (χ2v) is 3.77. The molecule has 0 unspecified atom stereocenters. The van der Waals surface area contributed by atoms with E-state index >= 15 is 0 Å². The summed E-state index contributed by atoms with van der Waals surface area (Å²) in [6, 6.07) is 0. The highest BCUT2D eigenvalue weighted by molar-refractivity contribution is 14.1. The van der Waals surface area contributed by atoms with Crippen molar-refractivity contribution in [1.82, 2.24) is 4.98 Å². The van der Waals surface area contributed by atoms with Crippen molar-refractivity contribution in [3.63, 3.8) is 0 Å². The molecule has 90 valence electrons. The molecule has 0 atom stereocenters. The van der Waals surface area contributed by atoms with Gasteiger partial charge in [-0.1, -0.05) is 0 Å². The van der Waals surface area contributed by atoms with Gasteiger partial charge in [-0.05, 0) is 22.6 Å². The van der Waals surface area contributed by atoms with Gasteiger partial charge < -0.3 is 9.47 Å². The maximum Gasteiger partial charge on any atom is 0.574 e. The molecule has 1 aromatic rings. The Balaban J connectivity index is 3.19. The molecule has 0 saturated carbocycles. The Kier molecular flexibility index (Phi) is 4.16. The van der Waals surface area contributed by atoms with Gasteiger partial charge in [-0.2, -0.15) is 0 Å². The Bertz CT molecular complexity index is 383. The average Bonchev–Trinajstić information content (AvgIpc) is 2.18. The summed E-state index contributed by atoms with van der Waals surface area (Å²) in [6.07, 6.45) is -3.80. The van der Waals surface area contributed by atoms with Gasteiger partial charge in [0.1, 0.15) is 12.4 Å². The van der Waals surface area contributed by atoms with Crippen LogP contribution in [-0.4, -0.2) is 18.5 Å². The van der Waals surface area contributed by atoms with Crippen molar-refractivity contribution < 1.29 is 27.0 Å². The van der Waals surface area contributed by atoms with Gasteiger partial charge in [-0.15, -0.1) is 13.2 Å². The highest BCUT2D eigenvalue weighted by Crippen LogP contribution is 2.34. The van der Waals surface area contributed by atoms with Gasteiger partial charge in [0, 0.05) is 6.20 Å². The summed E-state index contributed by atoms with van der Waals surface area (Å²) in [5.74, 6) is -0.829. The topological polar surface area (TPSA) is 31.4 Å². The summed E-state index contributed by atoms with van der Waals surface area (Å²) >= 11 is 1.77. The molecule has 1 heterocycles. The molecule has 1 rings (SSSR count). The number of pyridine rings is 1. The maximum absolute atomic E-state index is 12.6. The van der Waals surface area contributed by atoms with Crippen molar-refractivity contribution in [2.45, 2.75) is 13.0 Å². The highest BCUT2D eigenvalue weighted by Gasteiger charge is 2.34. The van der Waals surface area contributed by atoms with Crippen LogP contribution in [0.5, 0.6) is 11.6 Å². The number of hydrogen-bond donors (Lipinski definition) is 0. The number of aromatic nitrogens is 1. The van der Waals surface area contributed by atoms with E-state index in [1.807, 2.05) is 0 Å². The quantitative estimate of drug-likeness (QED) is 0.620. The normalized spacial score (nSPS) is 11.4. The molecule has 8 heteroatoms. The summed E-state index contributed by atoms with van der Waals surface area (Å²) < 4.78 is 57.3. The summed E-state index contributed by atoms with van der Waals surface area (Å²) in [5.41, 5.74) is -0.355. The first kappa shape index (κ1) is 13.3. The van der Waals surface area contributed by atoms with E-state index < -0.39 is 18.9 Å². The van der Waals surface area contributed by atoms with Crippen LogP contribution >= 0.6 is 22.6 Å². The van der Waals surface area contributed by atoms with Crippen molar-refractivity contribution in [3.05, 3.63) is 15.3 Å². The molecule has 0 aliphatic heterocycles. The minimum absolute atomic E-state index is 0.00245. The van der Waals surface area contributed by atoms with Crippen LogP contribution in [0.15, 0.2) is 6.20 Å². The van der Waals surface area contributed by atoms with Crippen LogP contribution in [-0.2, 0) is 6.67 Å². The Morgan fingerprint density at radius 2 is 2.06 bits per heavy atom. The first-order valence-electron chi connectivity index (χ1n) is 3.92. The third-order valence-corrected chi connectivity index (χ3v) is 2.36. The lowest BCUT2D eigenvalue weighted by Crippen LogP contribution is -2.19. The lowest BCUT2D eigenvalue weighted by atomic mass is 10.2. The van der Waals surface area contributed by atoms with Crippen molar-refractivity contribution in [2.75, 3.05) is 7.11 Å². The van der Waals surface area contributed by atoms with E-state index in [0.717, 1.165) is 6.20 Å². The Morgan fingerprint density at radius 3 is 2.50 bits per heavy atom. The molecule has 16 heavy (non-hydrogen) atoms. The van der Waals surface area contributed by atoms with Gasteiger partial charge in [-0.25, -0.2) is 9.37 Å². The summed E-state index contributed by atoms with van der Waals surface area (Å²) in [5, 5.41) is 0. The van der Waals surface area contributed by atoms with E-state index in [1.165, 1.54) is 7.11 Å². The Hall–Kier alpha value is -0.800. The van der Waals surface area contributed by atoms with E-state index in [2.05, 4.69) is 9.72 Å². The summed E-state index contributed by atoms with van der Waals surface area (Å²) in [6.45, 7) is -1.15. The second-order valence-electron chi connectivity index (χ2n) is 2.60. The van der Waals surface area contributed by atoms with Crippen LogP contribution in [0.1, 0.15) is 5.56 Å². The van der Waals surface area contributed by atoms with Gasteiger partial charge in [0.05, 0.1) is 16.2 Å². The molecule has 0 radical (unpaired) electrons. The van der Waals surface area contributed by atoms with Crippen LogP contribution in [0.2, 0.25) is 0 Å². The highest BCUT2D eigenvalue weighted by atomic mass is 127. The van der Waals surface area contributed by atoms with Gasteiger partial charge in [0.15, 0.2) is 0 Å². The van der Waals surface area contributed by atoms with E-state index in [-0.39, 0.29) is 11.3 Å². The van der Waals surface area contributed by atoms with Crippen molar-refractivity contribution in [3.8, 4) is 11.6 Å². The lowest BCUT2D eigenvalue weighted by molar-refractivity contribution is -0.276. The molecule has 0 saturated heterocycles. The van der Waals surface area contributed by atoms with E-state index in [4.69, 9.17) is 4.74 Å². The molecule has 0 spiro atoms. The summed E-state index contributed by atoms with van der Waals surface area (Å²) in [7, 11) is 1.23. The van der Waals surface area contributed by atoms with Crippen molar-refractivity contribution in [1.29, 1.82) is 0 Å². The molecule has 0 bridgehead atoms. The third kappa shape index (κ3) is 3.09. The largest absolute Gasteiger partial charge is 0.574 e. The van der Waals surface area contributed by atoms with Gasteiger partial charge in [0.25, 0.3) is 0 Å². The van der Waals surface area contributed by atoms with Crippen LogP contribution in [0.25, 0.3) is 0 Å². The zero-order chi connectivity index (χ0) is 12.3. The molecule has 0 aromatic carbocycles. The SMILES string of the molecule is COc1c(I)cnc(OC(F)(F)F)c1CF. The fourth-order valence-electron chi connectivity index (χ4n) is 1.03. The van der Waals surface area contributed by atoms with Gasteiger partial charge in [-0.3, -0.25) is 0 Å². The number of rotatable bonds is 3. The second kappa shape index (κ2) is 5.02. The van der Waals surface area contributed by atoms with Crippen LogP contribution in [0.3, 0.4) is 0 Å². The molecule has 1 aromatic heterocycles. The Labute approximate surface area is 102 Å². The molecular weight excluding hydrogens is 345 g/mol. The number of alkyl halides is 4. The molecule has 0 fully saturated rings. The molecule has 0 aliphatic rings. The number of ether oxygens (including phenoxy) is 2. The molecule has 3 nitrogen and oxygen atoms in total. The van der Waals surface area contributed by atoms with Gasteiger partial charge in [0.2, 0.25) is 5.88 Å². The molecular formula is C8H6F4INO2. The average molecular weight is 351 g/mol. The maximum atomic E-state index is 12.6. The minimum atomic E-state index is -4.91. The third-order valence-electron chi connectivity index (χ3n) is 1.59. The molecule has 0 amide bonds. The summed E-state index contributed by atoms with van der Waals surface area (Å²) in [4.78, 5) is 3.37. The monoisotopic (exact) mass is 351 g/mol. The zero-order valence-corrected chi connectivity index (χ0v) is 10.1. The minimum Gasteiger partial charge on any atom is -0.495 e. The number of halogens is 5. The first-order valence-corrected chi connectivity index (χ1v) is 5.00. The van der Waals surface area contributed by atoms with Crippen LogP contribution in [0, 0.1) is 3.57 Å². The fourth-order valence-corrected chi connectivity index (χ4v) is 1.71. The first-order chi connectivity index (χ1) is 7.39. The smallest absolute Gasteiger partial charge is 0.495 e. The zero-order valence-electron chi connectivity index (χ0n) is 7.94. The lowest BCUT2D eigenvalue weighted by Gasteiger charge is -2.13. The van der Waals surface area contributed by atoms with E-state index in [1.54, 1.807) is 22.6 Å². The fraction of sp³-hybridized carbons (Fsp3) is 0.375. The Morgan fingerprint density at radius 1 is 1.44 bits per heavy atom. The van der Waals surface area contributed by atoms with Crippen molar-refractivity contribution in [2.24, 2.45) is 0 Å². The molecule has 0 N–H and O–H groups in total. The van der Waals surface area contributed by atoms with Crippen LogP contribution < -0.4 is 9.47 Å². The predicted molar refractivity (Wildman–Crippen MR) is 55.0 cm³/mol. The predicted octanol–water partition coefficient (Wildman–Crippen LogP) is 3.06. The standard InChI is InChI=1S/C8H6F4INO2/c1-15-6-4(2-9)7(14-3-5(6)13)16-8(10,11)12/h3H,2H2,1H3. The van der Waals surface area contributed by atoms with E-state index in [9.17, 15) is 17.6 Å². The molecule has 0 aliphatic carbocycles. The van der Waals surface area contributed by atoms with E-state index in [0.29, 0.717) is 3.57 Å². The number of hydrogen-bond acceptors (Lipinski definition) is 3. The van der Waals surface area contributed by atoms with Crippen LogP contribution in [0.4, 0.5) is 17.6 Å².